The summed E-state index contributed by atoms with van der Waals surface area (Å²) in [5.41, 5.74) is 2.88. The van der Waals surface area contributed by atoms with Crippen LogP contribution in [0.15, 0.2) is 64.9 Å². The standard InChI is InChI=1S/C19H16ClN2O2.ClH/c1-21-14-6-3-4-7-16(14)23-18(21)8-5-9-19-22(2)15-12-13(20)10-11-17(15)24-19;/h3-12H,1-2H3;1H/q+1;/p-1. The van der Waals surface area contributed by atoms with Crippen LogP contribution in [0, 0.1) is 0 Å². The minimum Gasteiger partial charge on any atom is -1.00 e. The first-order valence-electron chi connectivity index (χ1n) is 7.60. The van der Waals surface area contributed by atoms with Crippen LogP contribution in [-0.2, 0) is 7.05 Å². The van der Waals surface area contributed by atoms with E-state index in [4.69, 9.17) is 20.8 Å². The Morgan fingerprint density at radius 3 is 2.76 bits per heavy atom. The molecule has 1 aromatic heterocycles. The summed E-state index contributed by atoms with van der Waals surface area (Å²) in [5, 5.41) is 0.690. The van der Waals surface area contributed by atoms with Gasteiger partial charge >= 0.3 is 5.89 Å². The van der Waals surface area contributed by atoms with Gasteiger partial charge in [-0.3, -0.25) is 0 Å². The zero-order valence-corrected chi connectivity index (χ0v) is 15.3. The maximum atomic E-state index is 6.05. The van der Waals surface area contributed by atoms with Crippen molar-refractivity contribution in [3.05, 3.63) is 71.4 Å². The van der Waals surface area contributed by atoms with Gasteiger partial charge in [0.15, 0.2) is 11.6 Å². The SMILES string of the molecule is CN1/C(=C/C=C/c2oc3ccccc3[n+]2C)Oc2ccc(Cl)cc21.[Cl-]. The molecule has 0 N–H and O–H groups in total. The van der Waals surface area contributed by atoms with Gasteiger partial charge in [-0.1, -0.05) is 23.7 Å². The molecule has 128 valence electrons. The van der Waals surface area contributed by atoms with Crippen molar-refractivity contribution in [3.8, 4) is 5.75 Å². The number of allylic oxidation sites excluding steroid dienone is 2. The van der Waals surface area contributed by atoms with E-state index in [1.807, 2.05) is 84.3 Å². The minimum absolute atomic E-state index is 0. The molecule has 25 heavy (non-hydrogen) atoms. The fourth-order valence-electron chi connectivity index (χ4n) is 2.76. The molecule has 2 aromatic carbocycles. The maximum absolute atomic E-state index is 6.05. The Morgan fingerprint density at radius 2 is 1.96 bits per heavy atom. The number of rotatable bonds is 2. The van der Waals surface area contributed by atoms with Crippen LogP contribution in [0.4, 0.5) is 5.69 Å². The summed E-state index contributed by atoms with van der Waals surface area (Å²) in [6.07, 6.45) is 5.73. The molecule has 0 aliphatic carbocycles. The molecule has 2 heterocycles. The molecule has 0 amide bonds. The molecule has 0 atom stereocenters. The number of oxazole rings is 1. The summed E-state index contributed by atoms with van der Waals surface area (Å²) in [5.74, 6) is 2.31. The van der Waals surface area contributed by atoms with E-state index < -0.39 is 0 Å². The summed E-state index contributed by atoms with van der Waals surface area (Å²) in [6, 6.07) is 13.5. The van der Waals surface area contributed by atoms with Crippen molar-refractivity contribution >= 4 is 34.5 Å². The number of hydrogen-bond acceptors (Lipinski definition) is 3. The molecule has 1 aliphatic heterocycles. The third-order valence-corrected chi connectivity index (χ3v) is 4.31. The van der Waals surface area contributed by atoms with Gasteiger partial charge in [0.05, 0.1) is 11.8 Å². The van der Waals surface area contributed by atoms with Crippen molar-refractivity contribution in [1.29, 1.82) is 0 Å². The van der Waals surface area contributed by atoms with Gasteiger partial charge in [0, 0.05) is 18.1 Å². The number of hydrogen-bond donors (Lipinski definition) is 0. The van der Waals surface area contributed by atoms with Gasteiger partial charge in [0.2, 0.25) is 5.58 Å². The topological polar surface area (TPSA) is 29.5 Å². The summed E-state index contributed by atoms with van der Waals surface area (Å²) < 4.78 is 13.7. The summed E-state index contributed by atoms with van der Waals surface area (Å²) in [7, 11) is 3.93. The molecule has 0 radical (unpaired) electrons. The number of aromatic nitrogens is 1. The number of ether oxygens (including phenoxy) is 1. The molecular formula is C19H16Cl2N2O2. The smallest absolute Gasteiger partial charge is 0.373 e. The highest BCUT2D eigenvalue weighted by molar-refractivity contribution is 6.31. The van der Waals surface area contributed by atoms with Crippen molar-refractivity contribution in [2.24, 2.45) is 7.05 Å². The molecule has 0 fully saturated rings. The maximum Gasteiger partial charge on any atom is 0.373 e. The molecule has 0 saturated heterocycles. The second-order valence-corrected chi connectivity index (χ2v) is 6.04. The van der Waals surface area contributed by atoms with E-state index in [0.717, 1.165) is 34.3 Å². The van der Waals surface area contributed by atoms with Crippen LogP contribution >= 0.6 is 11.6 Å². The molecule has 1 aliphatic rings. The number of para-hydroxylation sites is 2. The van der Waals surface area contributed by atoms with Crippen molar-refractivity contribution in [2.75, 3.05) is 11.9 Å². The van der Waals surface area contributed by atoms with E-state index >= 15 is 0 Å². The van der Waals surface area contributed by atoms with E-state index in [2.05, 4.69) is 0 Å². The average Bonchev–Trinajstić information content (AvgIpc) is 3.07. The van der Waals surface area contributed by atoms with Crippen LogP contribution in [0.25, 0.3) is 17.2 Å². The first-order chi connectivity index (χ1) is 11.6. The molecule has 6 heteroatoms. The number of benzene rings is 2. The Balaban J connectivity index is 0.00000182. The van der Waals surface area contributed by atoms with E-state index in [0.29, 0.717) is 5.02 Å². The number of fused-ring (bicyclic) bond motifs is 2. The highest BCUT2D eigenvalue weighted by Gasteiger charge is 2.22. The number of aryl methyl sites for hydroxylation is 1. The van der Waals surface area contributed by atoms with E-state index in [1.54, 1.807) is 0 Å². The molecule has 0 spiro atoms. The van der Waals surface area contributed by atoms with Gasteiger partial charge in [-0.2, -0.15) is 4.57 Å². The van der Waals surface area contributed by atoms with Crippen LogP contribution in [0.5, 0.6) is 5.75 Å². The number of nitrogens with zero attached hydrogens (tertiary/aromatic N) is 2. The average molecular weight is 375 g/mol. The van der Waals surface area contributed by atoms with Crippen LogP contribution in [0.3, 0.4) is 0 Å². The molecule has 3 aromatic rings. The Hall–Kier alpha value is -2.43. The lowest BCUT2D eigenvalue weighted by Gasteiger charge is -2.09. The molecule has 0 saturated carbocycles. The fourth-order valence-corrected chi connectivity index (χ4v) is 2.93. The highest BCUT2D eigenvalue weighted by atomic mass is 35.5. The lowest BCUT2D eigenvalue weighted by Crippen LogP contribution is -3.00. The highest BCUT2D eigenvalue weighted by Crippen LogP contribution is 2.39. The van der Waals surface area contributed by atoms with E-state index in [-0.39, 0.29) is 12.4 Å². The van der Waals surface area contributed by atoms with Crippen LogP contribution in [0.1, 0.15) is 5.89 Å². The quantitative estimate of drug-likeness (QED) is 0.633. The predicted octanol–water partition coefficient (Wildman–Crippen LogP) is 1.30. The summed E-state index contributed by atoms with van der Waals surface area (Å²) >= 11 is 6.05. The van der Waals surface area contributed by atoms with Gasteiger partial charge in [0.1, 0.15) is 7.05 Å². The Bertz CT molecular complexity index is 992. The van der Waals surface area contributed by atoms with Gasteiger partial charge in [-0.25, -0.2) is 0 Å². The van der Waals surface area contributed by atoms with Crippen molar-refractivity contribution in [2.45, 2.75) is 0 Å². The second kappa shape index (κ2) is 6.82. The van der Waals surface area contributed by atoms with Gasteiger partial charge < -0.3 is 26.5 Å². The minimum atomic E-state index is 0. The number of halogens is 2. The van der Waals surface area contributed by atoms with Crippen molar-refractivity contribution in [1.82, 2.24) is 0 Å². The zero-order chi connectivity index (χ0) is 16.7. The first-order valence-corrected chi connectivity index (χ1v) is 7.98. The third-order valence-electron chi connectivity index (χ3n) is 4.08. The lowest BCUT2D eigenvalue weighted by atomic mass is 10.3. The van der Waals surface area contributed by atoms with Crippen molar-refractivity contribution < 1.29 is 26.1 Å². The summed E-state index contributed by atoms with van der Waals surface area (Å²) in [6.45, 7) is 0. The zero-order valence-electron chi connectivity index (χ0n) is 13.7. The Kier molecular flexibility index (Phi) is 4.75. The number of anilines is 1. The Morgan fingerprint density at radius 1 is 1.16 bits per heavy atom. The second-order valence-electron chi connectivity index (χ2n) is 5.60. The van der Waals surface area contributed by atoms with Crippen LogP contribution < -0.4 is 26.6 Å². The Labute approximate surface area is 157 Å². The third kappa shape index (κ3) is 3.11. The van der Waals surface area contributed by atoms with Gasteiger partial charge in [0.25, 0.3) is 5.52 Å². The largest absolute Gasteiger partial charge is 1.00 e. The normalized spacial score (nSPS) is 14.8. The lowest BCUT2D eigenvalue weighted by molar-refractivity contribution is -0.652. The molecule has 0 bridgehead atoms. The molecule has 4 nitrogen and oxygen atoms in total. The van der Waals surface area contributed by atoms with Crippen LogP contribution in [-0.4, -0.2) is 7.05 Å². The van der Waals surface area contributed by atoms with Gasteiger partial charge in [-0.15, -0.1) is 0 Å². The molecule has 0 unspecified atom stereocenters. The predicted molar refractivity (Wildman–Crippen MR) is 95.0 cm³/mol. The first kappa shape index (κ1) is 17.4. The van der Waals surface area contributed by atoms with Crippen molar-refractivity contribution in [3.63, 3.8) is 0 Å². The summed E-state index contributed by atoms with van der Waals surface area (Å²) in [4.78, 5) is 1.96. The molecule has 4 rings (SSSR count). The van der Waals surface area contributed by atoms with Gasteiger partial charge in [-0.05, 0) is 36.4 Å². The fraction of sp³-hybridized carbons (Fsp3) is 0.105. The van der Waals surface area contributed by atoms with E-state index in [9.17, 15) is 0 Å². The van der Waals surface area contributed by atoms with Crippen LogP contribution in [0.2, 0.25) is 5.02 Å². The monoisotopic (exact) mass is 374 g/mol. The molecular weight excluding hydrogens is 359 g/mol. The van der Waals surface area contributed by atoms with E-state index in [1.165, 1.54) is 0 Å².